The zero-order valence-electron chi connectivity index (χ0n) is 12.7. The smallest absolute Gasteiger partial charge is 0.316 e. The van der Waals surface area contributed by atoms with Crippen molar-refractivity contribution >= 4 is 5.91 Å². The van der Waals surface area contributed by atoms with Crippen LogP contribution in [0.5, 0.6) is 6.01 Å². The summed E-state index contributed by atoms with van der Waals surface area (Å²) in [7, 11) is 0. The Morgan fingerprint density at radius 1 is 1.26 bits per heavy atom. The van der Waals surface area contributed by atoms with Crippen LogP contribution in [0, 0.1) is 5.82 Å². The van der Waals surface area contributed by atoms with Gasteiger partial charge in [0.25, 0.3) is 0 Å². The molecule has 120 valence electrons. The minimum Gasteiger partial charge on any atom is -0.458 e. The number of likely N-dealkylation sites (tertiary alicyclic amines) is 1. The summed E-state index contributed by atoms with van der Waals surface area (Å²) in [4.78, 5) is 22.2. The van der Waals surface area contributed by atoms with Gasteiger partial charge in [-0.05, 0) is 30.5 Å². The van der Waals surface area contributed by atoms with Crippen molar-refractivity contribution in [2.75, 3.05) is 13.1 Å². The second-order valence-corrected chi connectivity index (χ2v) is 5.52. The second kappa shape index (κ2) is 7.17. The maximum absolute atomic E-state index is 13.7. The van der Waals surface area contributed by atoms with Crippen LogP contribution in [0.25, 0.3) is 0 Å². The molecule has 0 radical (unpaired) electrons. The van der Waals surface area contributed by atoms with Gasteiger partial charge in [0, 0.05) is 18.9 Å². The molecule has 1 aliphatic rings. The third-order valence-corrected chi connectivity index (χ3v) is 3.84. The molecule has 2 aromatic rings. The quantitative estimate of drug-likeness (QED) is 0.868. The fraction of sp³-hybridized carbons (Fsp3) is 0.353. The van der Waals surface area contributed by atoms with Crippen molar-refractivity contribution in [3.63, 3.8) is 0 Å². The number of carbonyl (C=O) groups is 1. The summed E-state index contributed by atoms with van der Waals surface area (Å²) >= 11 is 0. The number of hydrogen-bond donors (Lipinski definition) is 0. The van der Waals surface area contributed by atoms with Crippen LogP contribution in [0.4, 0.5) is 4.39 Å². The Morgan fingerprint density at radius 3 is 2.83 bits per heavy atom. The van der Waals surface area contributed by atoms with Gasteiger partial charge >= 0.3 is 6.01 Å². The molecule has 1 saturated heterocycles. The Morgan fingerprint density at radius 2 is 2.04 bits per heavy atom. The first-order valence-electron chi connectivity index (χ1n) is 7.67. The molecule has 0 saturated carbocycles. The minimum absolute atomic E-state index is 0.0707. The molecule has 1 aromatic heterocycles. The predicted octanol–water partition coefficient (Wildman–Crippen LogP) is 2.23. The van der Waals surface area contributed by atoms with Crippen molar-refractivity contribution < 1.29 is 13.9 Å². The first kappa shape index (κ1) is 15.4. The van der Waals surface area contributed by atoms with E-state index in [9.17, 15) is 9.18 Å². The number of nitrogens with zero attached hydrogens (tertiary/aromatic N) is 3. The van der Waals surface area contributed by atoms with E-state index < -0.39 is 0 Å². The third kappa shape index (κ3) is 4.03. The summed E-state index contributed by atoms with van der Waals surface area (Å²) in [5, 5.41) is 0. The SMILES string of the molecule is O=C(Cc1ccccc1F)N1CCCC(Oc2ncccn2)C1. The summed E-state index contributed by atoms with van der Waals surface area (Å²) < 4.78 is 19.4. The van der Waals surface area contributed by atoms with Gasteiger partial charge in [0.1, 0.15) is 11.9 Å². The number of halogens is 1. The Kier molecular flexibility index (Phi) is 4.80. The van der Waals surface area contributed by atoms with Crippen molar-refractivity contribution in [3.8, 4) is 6.01 Å². The maximum Gasteiger partial charge on any atom is 0.316 e. The summed E-state index contributed by atoms with van der Waals surface area (Å²) in [6, 6.07) is 8.41. The highest BCUT2D eigenvalue weighted by atomic mass is 19.1. The highest BCUT2D eigenvalue weighted by molar-refractivity contribution is 5.79. The highest BCUT2D eigenvalue weighted by Gasteiger charge is 2.25. The van der Waals surface area contributed by atoms with Gasteiger partial charge in [-0.3, -0.25) is 4.79 Å². The van der Waals surface area contributed by atoms with Crippen molar-refractivity contribution in [1.29, 1.82) is 0 Å². The molecular weight excluding hydrogens is 297 g/mol. The lowest BCUT2D eigenvalue weighted by Crippen LogP contribution is -2.45. The number of hydrogen-bond acceptors (Lipinski definition) is 4. The molecule has 1 fully saturated rings. The van der Waals surface area contributed by atoms with Crippen LogP contribution in [-0.4, -0.2) is 40.0 Å². The van der Waals surface area contributed by atoms with E-state index in [1.807, 2.05) is 0 Å². The van der Waals surface area contributed by atoms with E-state index in [1.54, 1.807) is 41.6 Å². The van der Waals surface area contributed by atoms with E-state index in [4.69, 9.17) is 4.74 Å². The molecule has 1 amide bonds. The number of aromatic nitrogens is 2. The molecule has 0 N–H and O–H groups in total. The standard InChI is InChI=1S/C17H18FN3O2/c18-15-7-2-1-5-13(15)11-16(22)21-10-3-6-14(12-21)23-17-19-8-4-9-20-17/h1-2,4-5,7-9,14H,3,6,10-12H2. The van der Waals surface area contributed by atoms with E-state index in [0.717, 1.165) is 12.8 Å². The van der Waals surface area contributed by atoms with E-state index in [2.05, 4.69) is 9.97 Å². The van der Waals surface area contributed by atoms with Gasteiger partial charge in [-0.2, -0.15) is 0 Å². The normalized spacial score (nSPS) is 17.8. The Balaban J connectivity index is 1.59. The Hall–Kier alpha value is -2.50. The lowest BCUT2D eigenvalue weighted by molar-refractivity contribution is -0.133. The first-order chi connectivity index (χ1) is 11.2. The summed E-state index contributed by atoms with van der Waals surface area (Å²) in [5.41, 5.74) is 0.423. The molecular formula is C17H18FN3O2. The van der Waals surface area contributed by atoms with Crippen LogP contribution in [0.3, 0.4) is 0 Å². The molecule has 0 bridgehead atoms. The van der Waals surface area contributed by atoms with Crippen LogP contribution >= 0.6 is 0 Å². The summed E-state index contributed by atoms with van der Waals surface area (Å²) in [6.07, 6.45) is 4.87. The van der Waals surface area contributed by atoms with Crippen molar-refractivity contribution in [3.05, 3.63) is 54.1 Å². The largest absolute Gasteiger partial charge is 0.458 e. The topological polar surface area (TPSA) is 55.3 Å². The molecule has 6 heteroatoms. The number of rotatable bonds is 4. The summed E-state index contributed by atoms with van der Waals surface area (Å²) in [6.45, 7) is 1.15. The zero-order valence-corrected chi connectivity index (χ0v) is 12.7. The van der Waals surface area contributed by atoms with E-state index >= 15 is 0 Å². The average molecular weight is 315 g/mol. The number of piperidine rings is 1. The van der Waals surface area contributed by atoms with Gasteiger partial charge in [-0.1, -0.05) is 18.2 Å². The summed E-state index contributed by atoms with van der Waals surface area (Å²) in [5.74, 6) is -0.430. The highest BCUT2D eigenvalue weighted by Crippen LogP contribution is 2.17. The molecule has 0 aliphatic carbocycles. The van der Waals surface area contributed by atoms with Crippen LogP contribution in [0.15, 0.2) is 42.7 Å². The molecule has 1 unspecified atom stereocenters. The zero-order chi connectivity index (χ0) is 16.1. The van der Waals surface area contributed by atoms with Crippen LogP contribution in [0.1, 0.15) is 18.4 Å². The van der Waals surface area contributed by atoms with Crippen LogP contribution < -0.4 is 4.74 Å². The third-order valence-electron chi connectivity index (χ3n) is 3.84. The number of benzene rings is 1. The van der Waals surface area contributed by atoms with Crippen LogP contribution in [0.2, 0.25) is 0 Å². The number of amides is 1. The molecule has 1 atom stereocenters. The second-order valence-electron chi connectivity index (χ2n) is 5.52. The monoisotopic (exact) mass is 315 g/mol. The van der Waals surface area contributed by atoms with E-state index in [-0.39, 0.29) is 24.2 Å². The number of ether oxygens (including phenoxy) is 1. The van der Waals surface area contributed by atoms with Crippen molar-refractivity contribution in [2.24, 2.45) is 0 Å². The van der Waals surface area contributed by atoms with Gasteiger partial charge in [0.2, 0.25) is 5.91 Å². The molecule has 0 spiro atoms. The molecule has 3 rings (SSSR count). The Labute approximate surface area is 134 Å². The predicted molar refractivity (Wildman–Crippen MR) is 82.4 cm³/mol. The molecule has 5 nitrogen and oxygen atoms in total. The first-order valence-corrected chi connectivity index (χ1v) is 7.67. The molecule has 2 heterocycles. The fourth-order valence-electron chi connectivity index (χ4n) is 2.67. The maximum atomic E-state index is 13.7. The van der Waals surface area contributed by atoms with Gasteiger partial charge in [-0.15, -0.1) is 0 Å². The Bertz CT molecular complexity index is 666. The minimum atomic E-state index is -0.344. The molecule has 23 heavy (non-hydrogen) atoms. The van der Waals surface area contributed by atoms with Gasteiger partial charge in [-0.25, -0.2) is 14.4 Å². The average Bonchev–Trinajstić information content (AvgIpc) is 2.58. The molecule has 1 aromatic carbocycles. The lowest BCUT2D eigenvalue weighted by Gasteiger charge is -2.32. The van der Waals surface area contributed by atoms with Gasteiger partial charge in [0.05, 0.1) is 13.0 Å². The van der Waals surface area contributed by atoms with Crippen LogP contribution in [-0.2, 0) is 11.2 Å². The lowest BCUT2D eigenvalue weighted by atomic mass is 10.1. The van der Waals surface area contributed by atoms with Gasteiger partial charge in [0.15, 0.2) is 0 Å². The molecule has 1 aliphatic heterocycles. The van der Waals surface area contributed by atoms with Crippen molar-refractivity contribution in [1.82, 2.24) is 14.9 Å². The van der Waals surface area contributed by atoms with E-state index in [0.29, 0.717) is 24.7 Å². The van der Waals surface area contributed by atoms with Crippen molar-refractivity contribution in [2.45, 2.75) is 25.4 Å². The van der Waals surface area contributed by atoms with Gasteiger partial charge < -0.3 is 9.64 Å². The van der Waals surface area contributed by atoms with E-state index in [1.165, 1.54) is 6.07 Å². The number of carbonyl (C=O) groups excluding carboxylic acids is 1. The fourth-order valence-corrected chi connectivity index (χ4v) is 2.67.